The van der Waals surface area contributed by atoms with Crippen LogP contribution in [0.3, 0.4) is 0 Å². The number of carbonyl (C=O) groups is 1. The fraction of sp³-hybridized carbons (Fsp3) is 0.360. The number of nitrogens with zero attached hydrogens (tertiary/aromatic N) is 3. The van der Waals surface area contributed by atoms with Crippen LogP contribution in [-0.2, 0) is 22.6 Å². The van der Waals surface area contributed by atoms with Crippen LogP contribution in [-0.4, -0.2) is 46.8 Å². The molecule has 4 rings (SSSR count). The molecular weight excluding hydrogens is 407 g/mol. The van der Waals surface area contributed by atoms with E-state index < -0.39 is 0 Å². The minimum Gasteiger partial charge on any atom is -0.371 e. The predicted molar refractivity (Wildman–Crippen MR) is 121 cm³/mol. The molecule has 1 atom stereocenters. The second-order valence-electron chi connectivity index (χ2n) is 8.22. The standard InChI is InChI=1S/C25H29FN4O2/c1-18-23(19(2)30(28-18)15-20-6-4-3-5-7-20)14-27-25(31)17-29-12-13-32-24(16-29)21-8-10-22(26)11-9-21/h3-11,24H,12-17H2,1-2H3,(H,27,31). The quantitative estimate of drug-likeness (QED) is 0.617. The number of morpholine rings is 1. The van der Waals surface area contributed by atoms with Gasteiger partial charge in [0.1, 0.15) is 5.82 Å². The molecule has 7 heteroatoms. The first-order valence-corrected chi connectivity index (χ1v) is 10.9. The molecule has 0 saturated carbocycles. The maximum Gasteiger partial charge on any atom is 0.234 e. The van der Waals surface area contributed by atoms with E-state index in [0.29, 0.717) is 39.3 Å². The van der Waals surface area contributed by atoms with Gasteiger partial charge in [0.2, 0.25) is 5.91 Å². The maximum atomic E-state index is 13.2. The number of rotatable bonds is 7. The zero-order chi connectivity index (χ0) is 22.5. The zero-order valence-corrected chi connectivity index (χ0v) is 18.6. The van der Waals surface area contributed by atoms with Crippen molar-refractivity contribution in [3.05, 3.63) is 88.5 Å². The summed E-state index contributed by atoms with van der Waals surface area (Å²) in [6.07, 6.45) is -0.155. The van der Waals surface area contributed by atoms with Gasteiger partial charge in [-0.3, -0.25) is 14.4 Å². The number of aromatic nitrogens is 2. The number of halogens is 1. The summed E-state index contributed by atoms with van der Waals surface area (Å²) in [5.41, 5.74) is 5.17. The fourth-order valence-electron chi connectivity index (χ4n) is 4.07. The molecule has 1 aromatic heterocycles. The van der Waals surface area contributed by atoms with Gasteiger partial charge in [-0.25, -0.2) is 4.39 Å². The van der Waals surface area contributed by atoms with E-state index in [0.717, 1.165) is 22.5 Å². The van der Waals surface area contributed by atoms with Crippen molar-refractivity contribution in [2.45, 2.75) is 33.0 Å². The lowest BCUT2D eigenvalue weighted by molar-refractivity contribution is -0.124. The lowest BCUT2D eigenvalue weighted by Crippen LogP contribution is -2.44. The molecular formula is C25H29FN4O2. The Morgan fingerprint density at radius 2 is 1.91 bits per heavy atom. The van der Waals surface area contributed by atoms with E-state index in [2.05, 4.69) is 27.4 Å². The van der Waals surface area contributed by atoms with Gasteiger partial charge in [0.25, 0.3) is 0 Å². The van der Waals surface area contributed by atoms with E-state index in [1.165, 1.54) is 17.7 Å². The first kappa shape index (κ1) is 22.2. The Kier molecular flexibility index (Phi) is 6.97. The third-order valence-corrected chi connectivity index (χ3v) is 5.93. The van der Waals surface area contributed by atoms with Crippen LogP contribution in [0.25, 0.3) is 0 Å². The Bertz CT molecular complexity index is 1050. The van der Waals surface area contributed by atoms with Crippen molar-refractivity contribution in [3.8, 4) is 0 Å². The molecule has 2 aromatic carbocycles. The Labute approximate surface area is 188 Å². The minimum absolute atomic E-state index is 0.0284. The van der Waals surface area contributed by atoms with Crippen molar-refractivity contribution < 1.29 is 13.9 Å². The lowest BCUT2D eigenvalue weighted by atomic mass is 10.1. The molecule has 6 nitrogen and oxygen atoms in total. The number of hydrogen-bond donors (Lipinski definition) is 1. The molecule has 0 aliphatic carbocycles. The predicted octanol–water partition coefficient (Wildman–Crippen LogP) is 3.38. The van der Waals surface area contributed by atoms with Crippen molar-refractivity contribution in [2.75, 3.05) is 26.2 Å². The molecule has 1 saturated heterocycles. The maximum absolute atomic E-state index is 13.2. The van der Waals surface area contributed by atoms with Gasteiger partial charge in [-0.15, -0.1) is 0 Å². The highest BCUT2D eigenvalue weighted by atomic mass is 19.1. The average molecular weight is 437 g/mol. The first-order valence-electron chi connectivity index (χ1n) is 10.9. The highest BCUT2D eigenvalue weighted by Crippen LogP contribution is 2.22. The van der Waals surface area contributed by atoms with Gasteiger partial charge in [-0.05, 0) is 37.1 Å². The van der Waals surface area contributed by atoms with Gasteiger partial charge in [-0.1, -0.05) is 42.5 Å². The normalized spacial score (nSPS) is 16.8. The Hall–Kier alpha value is -3.03. The highest BCUT2D eigenvalue weighted by Gasteiger charge is 2.23. The van der Waals surface area contributed by atoms with Crippen molar-refractivity contribution in [3.63, 3.8) is 0 Å². The third-order valence-electron chi connectivity index (χ3n) is 5.93. The van der Waals surface area contributed by atoms with Crippen LogP contribution < -0.4 is 5.32 Å². The number of carbonyl (C=O) groups excluding carboxylic acids is 1. The van der Waals surface area contributed by atoms with E-state index in [-0.39, 0.29) is 17.8 Å². The first-order chi connectivity index (χ1) is 15.5. The molecule has 0 bridgehead atoms. The number of ether oxygens (including phenoxy) is 1. The third kappa shape index (κ3) is 5.41. The summed E-state index contributed by atoms with van der Waals surface area (Å²) in [7, 11) is 0. The van der Waals surface area contributed by atoms with Crippen LogP contribution in [0, 0.1) is 19.7 Å². The molecule has 1 unspecified atom stereocenters. The van der Waals surface area contributed by atoms with E-state index in [1.54, 1.807) is 12.1 Å². The van der Waals surface area contributed by atoms with Crippen molar-refractivity contribution in [2.24, 2.45) is 0 Å². The molecule has 1 aliphatic rings. The summed E-state index contributed by atoms with van der Waals surface area (Å²) in [4.78, 5) is 14.7. The average Bonchev–Trinajstić information content (AvgIpc) is 3.06. The molecule has 0 spiro atoms. The van der Waals surface area contributed by atoms with E-state index in [9.17, 15) is 9.18 Å². The molecule has 168 valence electrons. The van der Waals surface area contributed by atoms with Gasteiger partial charge < -0.3 is 10.1 Å². The molecule has 3 aromatic rings. The highest BCUT2D eigenvalue weighted by molar-refractivity contribution is 5.78. The van der Waals surface area contributed by atoms with Crippen LogP contribution in [0.5, 0.6) is 0 Å². The van der Waals surface area contributed by atoms with Gasteiger partial charge in [-0.2, -0.15) is 5.10 Å². The largest absolute Gasteiger partial charge is 0.371 e. The Morgan fingerprint density at radius 1 is 1.16 bits per heavy atom. The summed E-state index contributed by atoms with van der Waals surface area (Å²) < 4.78 is 21.0. The molecule has 1 amide bonds. The van der Waals surface area contributed by atoms with Crippen LogP contribution in [0.15, 0.2) is 54.6 Å². The Morgan fingerprint density at radius 3 is 2.66 bits per heavy atom. The summed E-state index contributed by atoms with van der Waals surface area (Å²) in [6, 6.07) is 16.6. The van der Waals surface area contributed by atoms with Gasteiger partial charge in [0, 0.05) is 30.9 Å². The van der Waals surface area contributed by atoms with E-state index in [4.69, 9.17) is 4.74 Å². The lowest BCUT2D eigenvalue weighted by Gasteiger charge is -2.32. The monoisotopic (exact) mass is 436 g/mol. The van der Waals surface area contributed by atoms with E-state index in [1.807, 2.05) is 36.7 Å². The smallest absolute Gasteiger partial charge is 0.234 e. The zero-order valence-electron chi connectivity index (χ0n) is 18.6. The Balaban J connectivity index is 1.31. The number of nitrogens with one attached hydrogen (secondary N) is 1. The number of aryl methyl sites for hydroxylation is 1. The minimum atomic E-state index is -0.265. The molecule has 1 N–H and O–H groups in total. The molecule has 1 fully saturated rings. The molecule has 1 aliphatic heterocycles. The summed E-state index contributed by atoms with van der Waals surface area (Å²) in [5.74, 6) is -0.294. The molecule has 32 heavy (non-hydrogen) atoms. The number of amides is 1. The SMILES string of the molecule is Cc1nn(Cc2ccccc2)c(C)c1CNC(=O)CN1CCOC(c2ccc(F)cc2)C1. The second kappa shape index (κ2) is 10.1. The summed E-state index contributed by atoms with van der Waals surface area (Å²) in [6.45, 7) is 7.32. The fourth-order valence-corrected chi connectivity index (χ4v) is 4.07. The summed E-state index contributed by atoms with van der Waals surface area (Å²) in [5, 5.41) is 7.70. The van der Waals surface area contributed by atoms with Crippen molar-refractivity contribution in [1.82, 2.24) is 20.0 Å². The summed E-state index contributed by atoms with van der Waals surface area (Å²) >= 11 is 0. The van der Waals surface area contributed by atoms with Crippen LogP contribution in [0.4, 0.5) is 4.39 Å². The molecule has 0 radical (unpaired) electrons. The van der Waals surface area contributed by atoms with Gasteiger partial charge in [0.15, 0.2) is 0 Å². The topological polar surface area (TPSA) is 59.4 Å². The molecule has 2 heterocycles. The van der Waals surface area contributed by atoms with E-state index >= 15 is 0 Å². The van der Waals surface area contributed by atoms with Crippen molar-refractivity contribution >= 4 is 5.91 Å². The second-order valence-corrected chi connectivity index (χ2v) is 8.22. The number of benzene rings is 2. The van der Waals surface area contributed by atoms with Gasteiger partial charge >= 0.3 is 0 Å². The van der Waals surface area contributed by atoms with Crippen molar-refractivity contribution in [1.29, 1.82) is 0 Å². The number of hydrogen-bond acceptors (Lipinski definition) is 4. The van der Waals surface area contributed by atoms with Gasteiger partial charge in [0.05, 0.1) is 31.5 Å². The van der Waals surface area contributed by atoms with Crippen LogP contribution >= 0.6 is 0 Å². The van der Waals surface area contributed by atoms with Crippen LogP contribution in [0.2, 0.25) is 0 Å². The van der Waals surface area contributed by atoms with Crippen LogP contribution in [0.1, 0.15) is 34.2 Å².